The van der Waals surface area contributed by atoms with Gasteiger partial charge in [-0.25, -0.2) is 0 Å². The van der Waals surface area contributed by atoms with Gasteiger partial charge in [-0.15, -0.1) is 0 Å². The lowest BCUT2D eigenvalue weighted by Crippen LogP contribution is -2.24. The molecule has 4 rings (SSSR count). The summed E-state index contributed by atoms with van der Waals surface area (Å²) in [6, 6.07) is 11.5. The second-order valence-electron chi connectivity index (χ2n) is 6.42. The van der Waals surface area contributed by atoms with Crippen LogP contribution in [0.3, 0.4) is 0 Å². The van der Waals surface area contributed by atoms with Crippen molar-refractivity contribution in [1.82, 2.24) is 10.1 Å². The quantitative estimate of drug-likeness (QED) is 0.617. The van der Waals surface area contributed by atoms with Crippen LogP contribution in [-0.4, -0.2) is 22.6 Å². The molecule has 1 aromatic heterocycles. The second kappa shape index (κ2) is 6.94. The number of hydrogen-bond acceptors (Lipinski definition) is 4. The van der Waals surface area contributed by atoms with Gasteiger partial charge in [0.25, 0.3) is 0 Å². The Labute approximate surface area is 162 Å². The number of rotatable bonds is 3. The Kier molecular flexibility index (Phi) is 4.58. The molecule has 28 heavy (non-hydrogen) atoms. The minimum absolute atomic E-state index is 0.137. The minimum Gasteiger partial charge on any atom is -0.339 e. The van der Waals surface area contributed by atoms with E-state index in [2.05, 4.69) is 10.1 Å². The maximum Gasteiger partial charge on any atom is 0.416 e. The van der Waals surface area contributed by atoms with Crippen molar-refractivity contribution in [2.45, 2.75) is 18.5 Å². The summed E-state index contributed by atoms with van der Waals surface area (Å²) in [6.07, 6.45) is -4.28. The molecule has 1 unspecified atom stereocenters. The first-order valence-corrected chi connectivity index (χ1v) is 8.76. The third-order valence-corrected chi connectivity index (χ3v) is 4.74. The van der Waals surface area contributed by atoms with Gasteiger partial charge in [0.2, 0.25) is 17.6 Å². The van der Waals surface area contributed by atoms with Crippen molar-refractivity contribution in [3.8, 4) is 11.4 Å². The summed E-state index contributed by atoms with van der Waals surface area (Å²) >= 11 is 5.97. The van der Waals surface area contributed by atoms with Crippen LogP contribution >= 0.6 is 11.6 Å². The highest BCUT2D eigenvalue weighted by Crippen LogP contribution is 2.34. The molecule has 1 atom stereocenters. The van der Waals surface area contributed by atoms with E-state index in [4.69, 9.17) is 16.1 Å². The maximum atomic E-state index is 12.7. The van der Waals surface area contributed by atoms with E-state index in [1.807, 2.05) is 0 Å². The largest absolute Gasteiger partial charge is 0.416 e. The molecule has 0 bridgehead atoms. The number of amides is 1. The molecule has 3 aromatic rings. The van der Waals surface area contributed by atoms with Gasteiger partial charge >= 0.3 is 6.18 Å². The summed E-state index contributed by atoms with van der Waals surface area (Å²) < 4.78 is 43.4. The van der Waals surface area contributed by atoms with Crippen LogP contribution in [0.4, 0.5) is 18.9 Å². The van der Waals surface area contributed by atoms with Crippen molar-refractivity contribution in [3.05, 3.63) is 65.0 Å². The Morgan fingerprint density at radius 2 is 1.89 bits per heavy atom. The van der Waals surface area contributed by atoms with Crippen LogP contribution in [0.15, 0.2) is 53.1 Å². The molecule has 5 nitrogen and oxygen atoms in total. The van der Waals surface area contributed by atoms with E-state index >= 15 is 0 Å². The van der Waals surface area contributed by atoms with Crippen molar-refractivity contribution < 1.29 is 22.5 Å². The van der Waals surface area contributed by atoms with Crippen LogP contribution in [0, 0.1) is 0 Å². The van der Waals surface area contributed by atoms with Crippen LogP contribution < -0.4 is 4.90 Å². The summed E-state index contributed by atoms with van der Waals surface area (Å²) in [5, 5.41) is 4.47. The van der Waals surface area contributed by atoms with Crippen molar-refractivity contribution >= 4 is 23.2 Å². The molecule has 0 N–H and O–H groups in total. The van der Waals surface area contributed by atoms with Crippen LogP contribution in [0.2, 0.25) is 5.02 Å². The normalized spacial score (nSPS) is 17.4. The van der Waals surface area contributed by atoms with Gasteiger partial charge in [-0.2, -0.15) is 18.2 Å². The molecule has 0 radical (unpaired) electrons. The van der Waals surface area contributed by atoms with E-state index < -0.39 is 11.7 Å². The zero-order valence-electron chi connectivity index (χ0n) is 14.3. The molecular weight excluding hydrogens is 395 g/mol. The Balaban J connectivity index is 1.52. The summed E-state index contributed by atoms with van der Waals surface area (Å²) in [5.41, 5.74) is 0.323. The second-order valence-corrected chi connectivity index (χ2v) is 6.85. The minimum atomic E-state index is -4.42. The van der Waals surface area contributed by atoms with E-state index in [1.54, 1.807) is 24.3 Å². The number of benzene rings is 2. The maximum absolute atomic E-state index is 12.7. The number of carbonyl (C=O) groups excluding carboxylic acids is 1. The topological polar surface area (TPSA) is 59.2 Å². The number of halogens is 4. The molecule has 2 aromatic carbocycles. The molecule has 2 heterocycles. The molecule has 1 aliphatic rings. The molecule has 9 heteroatoms. The van der Waals surface area contributed by atoms with Crippen LogP contribution in [0.25, 0.3) is 11.4 Å². The molecule has 0 spiro atoms. The SMILES string of the molecule is O=C1CC(c2nc(-c3cccc(Cl)c3)no2)CN1c1ccc(C(F)(F)F)cc1. The van der Waals surface area contributed by atoms with Crippen molar-refractivity contribution in [3.63, 3.8) is 0 Å². The number of anilines is 1. The molecular formula is C19H13ClF3N3O2. The van der Waals surface area contributed by atoms with Gasteiger partial charge in [-0.1, -0.05) is 28.9 Å². The van der Waals surface area contributed by atoms with Crippen LogP contribution in [-0.2, 0) is 11.0 Å². The van der Waals surface area contributed by atoms with E-state index in [0.717, 1.165) is 12.1 Å². The lowest BCUT2D eigenvalue weighted by atomic mass is 10.1. The number of aromatic nitrogens is 2. The molecule has 144 valence electrons. The first kappa shape index (κ1) is 18.5. The van der Waals surface area contributed by atoms with Gasteiger partial charge in [0, 0.05) is 29.2 Å². The molecule has 1 amide bonds. The highest BCUT2D eigenvalue weighted by molar-refractivity contribution is 6.30. The first-order valence-electron chi connectivity index (χ1n) is 8.38. The van der Waals surface area contributed by atoms with E-state index in [-0.39, 0.29) is 24.8 Å². The fourth-order valence-corrected chi connectivity index (χ4v) is 3.29. The summed E-state index contributed by atoms with van der Waals surface area (Å²) in [4.78, 5) is 18.1. The zero-order valence-corrected chi connectivity index (χ0v) is 15.0. The van der Waals surface area contributed by atoms with Crippen molar-refractivity contribution in [2.75, 3.05) is 11.4 Å². The van der Waals surface area contributed by atoms with Crippen molar-refractivity contribution in [1.29, 1.82) is 0 Å². The number of alkyl halides is 3. The Bertz CT molecular complexity index is 1020. The average Bonchev–Trinajstić information content (AvgIpc) is 3.28. The third kappa shape index (κ3) is 3.60. The number of hydrogen-bond donors (Lipinski definition) is 0. The predicted molar refractivity (Wildman–Crippen MR) is 95.9 cm³/mol. The number of nitrogens with zero attached hydrogens (tertiary/aromatic N) is 3. The van der Waals surface area contributed by atoms with Gasteiger partial charge in [0.15, 0.2) is 0 Å². The molecule has 0 saturated carbocycles. The fourth-order valence-electron chi connectivity index (χ4n) is 3.10. The highest BCUT2D eigenvalue weighted by atomic mass is 35.5. The molecule has 0 aliphatic carbocycles. The third-order valence-electron chi connectivity index (χ3n) is 4.51. The molecule has 1 aliphatic heterocycles. The van der Waals surface area contributed by atoms with E-state index in [9.17, 15) is 18.0 Å². The summed E-state index contributed by atoms with van der Waals surface area (Å²) in [7, 11) is 0. The van der Waals surface area contributed by atoms with E-state index in [0.29, 0.717) is 28.0 Å². The standard InChI is InChI=1S/C19H13ClF3N3O2/c20-14-3-1-2-11(8-14)17-24-18(28-25-17)12-9-16(27)26(10-12)15-6-4-13(5-7-15)19(21,22)23/h1-8,12H,9-10H2. The molecule has 1 fully saturated rings. The summed E-state index contributed by atoms with van der Waals surface area (Å²) in [6.45, 7) is 0.251. The van der Waals surface area contributed by atoms with Gasteiger partial charge in [0.05, 0.1) is 11.5 Å². The Morgan fingerprint density at radius 3 is 2.57 bits per heavy atom. The van der Waals surface area contributed by atoms with Gasteiger partial charge < -0.3 is 9.42 Å². The number of carbonyl (C=O) groups is 1. The van der Waals surface area contributed by atoms with Crippen LogP contribution in [0.5, 0.6) is 0 Å². The Hall–Kier alpha value is -2.87. The van der Waals surface area contributed by atoms with Gasteiger partial charge in [0.1, 0.15) is 0 Å². The first-order chi connectivity index (χ1) is 13.3. The van der Waals surface area contributed by atoms with Crippen molar-refractivity contribution in [2.24, 2.45) is 0 Å². The highest BCUT2D eigenvalue weighted by Gasteiger charge is 2.36. The Morgan fingerprint density at radius 1 is 1.14 bits per heavy atom. The smallest absolute Gasteiger partial charge is 0.339 e. The molecule has 1 saturated heterocycles. The zero-order chi connectivity index (χ0) is 19.9. The lowest BCUT2D eigenvalue weighted by molar-refractivity contribution is -0.137. The fraction of sp³-hybridized carbons (Fsp3) is 0.211. The van der Waals surface area contributed by atoms with Gasteiger partial charge in [-0.05, 0) is 36.4 Å². The van der Waals surface area contributed by atoms with E-state index in [1.165, 1.54) is 17.0 Å². The average molecular weight is 408 g/mol. The van der Waals surface area contributed by atoms with Crippen LogP contribution in [0.1, 0.15) is 23.8 Å². The monoisotopic (exact) mass is 407 g/mol. The summed E-state index contributed by atoms with van der Waals surface area (Å²) in [5.74, 6) is 0.109. The predicted octanol–water partition coefficient (Wildman–Crippen LogP) is 4.93. The van der Waals surface area contributed by atoms with Gasteiger partial charge in [-0.3, -0.25) is 4.79 Å². The lowest BCUT2D eigenvalue weighted by Gasteiger charge is -2.17.